The summed E-state index contributed by atoms with van der Waals surface area (Å²) >= 11 is 0. The van der Waals surface area contributed by atoms with Crippen molar-refractivity contribution in [1.29, 1.82) is 0 Å². The van der Waals surface area contributed by atoms with E-state index in [9.17, 15) is 0 Å². The molecule has 1 atom stereocenters. The molecule has 1 aliphatic rings. The molecule has 0 bridgehead atoms. The number of ether oxygens (including phenoxy) is 3. The molecule has 7 nitrogen and oxygen atoms in total. The standard InChI is InChI=1S/C33H30N4O3/c1-38-27-17-14-23(15-18-27)29-21-30(37(34-29)26-12-8-5-9-13-26)28-22-36(25-10-6-4-7-11-25)35-33(28)24-16-19-31(39-2)32(20-24)40-3/h4-20,22,30H,21H2,1-3H3. The highest BCUT2D eigenvalue weighted by atomic mass is 16.5. The molecule has 0 N–H and O–H groups in total. The summed E-state index contributed by atoms with van der Waals surface area (Å²) in [4.78, 5) is 0. The third-order valence-electron chi connectivity index (χ3n) is 7.13. The molecule has 0 saturated carbocycles. The third-order valence-corrected chi connectivity index (χ3v) is 7.13. The Morgan fingerprint density at radius 2 is 1.32 bits per heavy atom. The van der Waals surface area contributed by atoms with Gasteiger partial charge < -0.3 is 14.2 Å². The summed E-state index contributed by atoms with van der Waals surface area (Å²) in [6.45, 7) is 0. The van der Waals surface area contributed by atoms with Crippen LogP contribution in [-0.2, 0) is 0 Å². The Morgan fingerprint density at radius 1 is 0.675 bits per heavy atom. The van der Waals surface area contributed by atoms with E-state index in [1.54, 1.807) is 21.3 Å². The van der Waals surface area contributed by atoms with Crippen LogP contribution < -0.4 is 19.2 Å². The molecule has 1 aromatic heterocycles. The van der Waals surface area contributed by atoms with Gasteiger partial charge in [0.15, 0.2) is 11.5 Å². The number of hydrogen-bond acceptors (Lipinski definition) is 6. The molecule has 7 heteroatoms. The lowest BCUT2D eigenvalue weighted by Crippen LogP contribution is -2.18. The number of rotatable bonds is 8. The minimum atomic E-state index is -0.0833. The third kappa shape index (κ3) is 4.78. The number of methoxy groups -OCH3 is 3. The number of hydrazone groups is 1. The molecule has 0 fully saturated rings. The van der Waals surface area contributed by atoms with Crippen LogP contribution in [-0.4, -0.2) is 36.8 Å². The molecule has 0 spiro atoms. The number of hydrogen-bond donors (Lipinski definition) is 0. The summed E-state index contributed by atoms with van der Waals surface area (Å²) in [6.07, 6.45) is 2.83. The van der Waals surface area contributed by atoms with Gasteiger partial charge in [-0.25, -0.2) is 4.68 Å². The average Bonchev–Trinajstić information content (AvgIpc) is 3.67. The van der Waals surface area contributed by atoms with Crippen molar-refractivity contribution < 1.29 is 14.2 Å². The van der Waals surface area contributed by atoms with Crippen LogP contribution in [0.25, 0.3) is 16.9 Å². The van der Waals surface area contributed by atoms with Gasteiger partial charge in [-0.15, -0.1) is 0 Å². The molecule has 4 aromatic carbocycles. The lowest BCUT2D eigenvalue weighted by molar-refractivity contribution is 0.355. The van der Waals surface area contributed by atoms with Crippen LogP contribution in [0.3, 0.4) is 0 Å². The molecule has 1 unspecified atom stereocenters. The van der Waals surface area contributed by atoms with Crippen LogP contribution in [0.1, 0.15) is 23.6 Å². The van der Waals surface area contributed by atoms with Crippen molar-refractivity contribution >= 4 is 11.4 Å². The van der Waals surface area contributed by atoms with Crippen molar-refractivity contribution in [2.24, 2.45) is 5.10 Å². The topological polar surface area (TPSA) is 61.1 Å². The van der Waals surface area contributed by atoms with E-state index in [-0.39, 0.29) is 6.04 Å². The summed E-state index contributed by atoms with van der Waals surface area (Å²) in [5.41, 5.74) is 6.93. The first kappa shape index (κ1) is 25.2. The van der Waals surface area contributed by atoms with E-state index in [4.69, 9.17) is 24.4 Å². The molecule has 0 radical (unpaired) electrons. The molecule has 0 saturated heterocycles. The van der Waals surface area contributed by atoms with Gasteiger partial charge in [-0.1, -0.05) is 36.4 Å². The molecule has 6 rings (SSSR count). The fraction of sp³-hybridized carbons (Fsp3) is 0.152. The summed E-state index contributed by atoms with van der Waals surface area (Å²) in [6, 6.07) is 34.3. The van der Waals surface area contributed by atoms with Gasteiger partial charge in [0.2, 0.25) is 0 Å². The van der Waals surface area contributed by atoms with Crippen LogP contribution in [0.4, 0.5) is 5.69 Å². The highest BCUT2D eigenvalue weighted by molar-refractivity contribution is 6.03. The fourth-order valence-corrected chi connectivity index (χ4v) is 5.08. The van der Waals surface area contributed by atoms with Gasteiger partial charge in [-0.2, -0.15) is 10.2 Å². The fourth-order valence-electron chi connectivity index (χ4n) is 5.08. The molecule has 1 aliphatic heterocycles. The number of benzene rings is 4. The van der Waals surface area contributed by atoms with Gasteiger partial charge in [0.25, 0.3) is 0 Å². The van der Waals surface area contributed by atoms with Crippen molar-refractivity contribution in [1.82, 2.24) is 9.78 Å². The van der Waals surface area contributed by atoms with Crippen LogP contribution in [0.15, 0.2) is 114 Å². The van der Waals surface area contributed by atoms with Crippen molar-refractivity contribution in [2.75, 3.05) is 26.3 Å². The van der Waals surface area contributed by atoms with E-state index in [0.717, 1.165) is 45.2 Å². The zero-order valence-corrected chi connectivity index (χ0v) is 22.7. The van der Waals surface area contributed by atoms with Crippen LogP contribution >= 0.6 is 0 Å². The normalized spacial score (nSPS) is 14.6. The maximum absolute atomic E-state index is 5.64. The van der Waals surface area contributed by atoms with Gasteiger partial charge >= 0.3 is 0 Å². The predicted octanol–water partition coefficient (Wildman–Crippen LogP) is 6.92. The van der Waals surface area contributed by atoms with E-state index in [1.165, 1.54) is 0 Å². The van der Waals surface area contributed by atoms with E-state index in [2.05, 4.69) is 47.6 Å². The minimum Gasteiger partial charge on any atom is -0.497 e. The Kier molecular flexibility index (Phi) is 6.93. The first-order valence-corrected chi connectivity index (χ1v) is 13.1. The Morgan fingerprint density at radius 3 is 1.98 bits per heavy atom. The Labute approximate surface area is 233 Å². The smallest absolute Gasteiger partial charge is 0.161 e. The van der Waals surface area contributed by atoms with Crippen molar-refractivity contribution in [3.05, 3.63) is 120 Å². The van der Waals surface area contributed by atoms with Gasteiger partial charge in [0.05, 0.1) is 50.2 Å². The Bertz CT molecular complexity index is 1630. The SMILES string of the molecule is COc1ccc(C2=NN(c3ccccc3)C(c3cn(-c4ccccc4)nc3-c3ccc(OC)c(OC)c3)C2)cc1. The predicted molar refractivity (Wildman–Crippen MR) is 158 cm³/mol. The molecule has 200 valence electrons. The Balaban J connectivity index is 1.49. The Hall–Kier alpha value is -5.04. The highest BCUT2D eigenvalue weighted by Crippen LogP contribution is 2.42. The monoisotopic (exact) mass is 530 g/mol. The molecule has 0 aliphatic carbocycles. The van der Waals surface area contributed by atoms with Crippen LogP contribution in [0, 0.1) is 0 Å². The molecule has 40 heavy (non-hydrogen) atoms. The largest absolute Gasteiger partial charge is 0.497 e. The quantitative estimate of drug-likeness (QED) is 0.218. The molecule has 0 amide bonds. The molecular formula is C33H30N4O3. The van der Waals surface area contributed by atoms with E-state index in [0.29, 0.717) is 17.9 Å². The molecular weight excluding hydrogens is 500 g/mol. The molecule has 2 heterocycles. The van der Waals surface area contributed by atoms with Gasteiger partial charge in [-0.3, -0.25) is 5.01 Å². The van der Waals surface area contributed by atoms with Gasteiger partial charge in [0, 0.05) is 23.7 Å². The average molecular weight is 531 g/mol. The zero-order valence-electron chi connectivity index (χ0n) is 22.7. The second-order valence-electron chi connectivity index (χ2n) is 9.46. The van der Waals surface area contributed by atoms with E-state index in [1.807, 2.05) is 71.4 Å². The number of anilines is 1. The lowest BCUT2D eigenvalue weighted by atomic mass is 9.96. The first-order chi connectivity index (χ1) is 19.7. The highest BCUT2D eigenvalue weighted by Gasteiger charge is 2.33. The summed E-state index contributed by atoms with van der Waals surface area (Å²) in [5, 5.41) is 12.4. The van der Waals surface area contributed by atoms with Crippen molar-refractivity contribution in [3.63, 3.8) is 0 Å². The maximum atomic E-state index is 5.64. The number of nitrogens with zero attached hydrogens (tertiary/aromatic N) is 4. The van der Waals surface area contributed by atoms with Crippen LogP contribution in [0.2, 0.25) is 0 Å². The second kappa shape index (κ2) is 11.0. The summed E-state index contributed by atoms with van der Waals surface area (Å²) < 4.78 is 18.5. The first-order valence-electron chi connectivity index (χ1n) is 13.1. The van der Waals surface area contributed by atoms with Crippen LogP contribution in [0.5, 0.6) is 17.2 Å². The van der Waals surface area contributed by atoms with Crippen molar-refractivity contribution in [3.8, 4) is 34.2 Å². The van der Waals surface area contributed by atoms with Crippen molar-refractivity contribution in [2.45, 2.75) is 12.5 Å². The maximum Gasteiger partial charge on any atom is 0.161 e. The van der Waals surface area contributed by atoms with E-state index < -0.39 is 0 Å². The molecule has 5 aromatic rings. The lowest BCUT2D eigenvalue weighted by Gasteiger charge is -2.23. The van der Waals surface area contributed by atoms with Gasteiger partial charge in [-0.05, 0) is 72.3 Å². The number of para-hydroxylation sites is 2. The minimum absolute atomic E-state index is 0.0833. The number of aromatic nitrogens is 2. The second-order valence-corrected chi connectivity index (χ2v) is 9.46. The van der Waals surface area contributed by atoms with Gasteiger partial charge in [0.1, 0.15) is 5.75 Å². The zero-order chi connectivity index (χ0) is 27.5. The summed E-state index contributed by atoms with van der Waals surface area (Å²) in [7, 11) is 4.96. The van der Waals surface area contributed by atoms with E-state index >= 15 is 0 Å². The summed E-state index contributed by atoms with van der Waals surface area (Å²) in [5.74, 6) is 2.15.